The molecule has 0 aliphatic carbocycles. The lowest BCUT2D eigenvalue weighted by molar-refractivity contribution is 0.273. The third-order valence-corrected chi connectivity index (χ3v) is 3.32. The highest BCUT2D eigenvalue weighted by Gasteiger charge is 2.04. The first-order valence-corrected chi connectivity index (χ1v) is 7.04. The van der Waals surface area contributed by atoms with Crippen LogP contribution in [0.5, 0.6) is 5.75 Å². The molecule has 0 bridgehead atoms. The van der Waals surface area contributed by atoms with Crippen LogP contribution in [0.3, 0.4) is 0 Å². The molecule has 24 heavy (non-hydrogen) atoms. The number of halogens is 3. The molecule has 0 aliphatic heterocycles. The van der Waals surface area contributed by atoms with Gasteiger partial charge in [0.05, 0.1) is 11.2 Å². The number of hydrogen-bond acceptors (Lipinski definition) is 4. The summed E-state index contributed by atoms with van der Waals surface area (Å²) in [5.74, 6) is 1.47. The second kappa shape index (κ2) is 9.25. The molecule has 0 unspecified atom stereocenters. The van der Waals surface area contributed by atoms with Crippen molar-refractivity contribution in [2.75, 3.05) is 25.6 Å². The van der Waals surface area contributed by atoms with Gasteiger partial charge in [-0.15, -0.1) is 24.8 Å². The zero-order valence-corrected chi connectivity index (χ0v) is 14.7. The van der Waals surface area contributed by atoms with E-state index in [4.69, 9.17) is 4.74 Å². The summed E-state index contributed by atoms with van der Waals surface area (Å²) in [5, 5.41) is 3.94. The maximum atomic E-state index is 12.1. The SMILES string of the molecule is CNc1ccc(-c2ccc3cc(OCCF)ccc3n2)cn1.Cl.Cl. The highest BCUT2D eigenvalue weighted by atomic mass is 35.5. The van der Waals surface area contributed by atoms with E-state index in [1.807, 2.05) is 43.4 Å². The van der Waals surface area contributed by atoms with E-state index in [9.17, 15) is 4.39 Å². The van der Waals surface area contributed by atoms with Crippen molar-refractivity contribution in [2.45, 2.75) is 0 Å². The molecule has 2 heterocycles. The van der Waals surface area contributed by atoms with Gasteiger partial charge < -0.3 is 10.1 Å². The molecule has 0 radical (unpaired) electrons. The Bertz CT molecular complexity index is 784. The summed E-state index contributed by atoms with van der Waals surface area (Å²) in [4.78, 5) is 8.93. The van der Waals surface area contributed by atoms with E-state index in [1.54, 1.807) is 12.3 Å². The molecular weight excluding hydrogens is 352 g/mol. The summed E-state index contributed by atoms with van der Waals surface area (Å²) >= 11 is 0. The van der Waals surface area contributed by atoms with E-state index >= 15 is 0 Å². The fourth-order valence-corrected chi connectivity index (χ4v) is 2.20. The Morgan fingerprint density at radius 3 is 2.58 bits per heavy atom. The van der Waals surface area contributed by atoms with Crippen LogP contribution in [0.2, 0.25) is 0 Å². The third-order valence-electron chi connectivity index (χ3n) is 3.32. The Morgan fingerprint density at radius 2 is 1.92 bits per heavy atom. The monoisotopic (exact) mass is 369 g/mol. The van der Waals surface area contributed by atoms with E-state index in [0.717, 1.165) is 28.0 Å². The van der Waals surface area contributed by atoms with Crippen LogP contribution >= 0.6 is 24.8 Å². The Morgan fingerprint density at radius 1 is 1.08 bits per heavy atom. The van der Waals surface area contributed by atoms with Crippen LogP contribution in [-0.2, 0) is 0 Å². The molecule has 1 aromatic carbocycles. The van der Waals surface area contributed by atoms with Gasteiger partial charge in [-0.2, -0.15) is 0 Å². The quantitative estimate of drug-likeness (QED) is 0.717. The molecule has 0 aliphatic rings. The second-order valence-corrected chi connectivity index (χ2v) is 4.77. The van der Waals surface area contributed by atoms with Crippen LogP contribution in [0, 0.1) is 0 Å². The summed E-state index contributed by atoms with van der Waals surface area (Å²) in [7, 11) is 1.83. The minimum Gasteiger partial charge on any atom is -0.491 e. The van der Waals surface area contributed by atoms with Crippen molar-refractivity contribution < 1.29 is 9.13 Å². The highest BCUT2D eigenvalue weighted by molar-refractivity contribution is 5.85. The molecule has 1 N–H and O–H groups in total. The number of benzene rings is 1. The van der Waals surface area contributed by atoms with Crippen molar-refractivity contribution in [2.24, 2.45) is 0 Å². The number of alkyl halides is 1. The van der Waals surface area contributed by atoms with E-state index in [1.165, 1.54) is 0 Å². The van der Waals surface area contributed by atoms with Crippen molar-refractivity contribution in [3.63, 3.8) is 0 Å². The number of fused-ring (bicyclic) bond motifs is 1. The van der Waals surface area contributed by atoms with E-state index in [-0.39, 0.29) is 31.4 Å². The van der Waals surface area contributed by atoms with Gasteiger partial charge in [-0.25, -0.2) is 14.4 Å². The number of rotatable bonds is 5. The summed E-state index contributed by atoms with van der Waals surface area (Å²) in [6.07, 6.45) is 1.79. The van der Waals surface area contributed by atoms with Gasteiger partial charge in [0.2, 0.25) is 0 Å². The smallest absolute Gasteiger partial charge is 0.125 e. The molecule has 0 spiro atoms. The third kappa shape index (κ3) is 4.46. The van der Waals surface area contributed by atoms with Gasteiger partial charge in [0, 0.05) is 24.2 Å². The van der Waals surface area contributed by atoms with E-state index in [2.05, 4.69) is 15.3 Å². The topological polar surface area (TPSA) is 47.0 Å². The van der Waals surface area contributed by atoms with Crippen LogP contribution in [0.15, 0.2) is 48.7 Å². The molecular formula is C17H18Cl2FN3O. The molecule has 0 atom stereocenters. The first kappa shape index (κ1) is 19.9. The molecule has 3 rings (SSSR count). The van der Waals surface area contributed by atoms with Gasteiger partial charge in [-0.1, -0.05) is 6.07 Å². The molecule has 4 nitrogen and oxygen atoms in total. The average Bonchev–Trinajstić information content (AvgIpc) is 2.59. The molecule has 0 fully saturated rings. The fourth-order valence-electron chi connectivity index (χ4n) is 2.20. The predicted octanol–water partition coefficient (Wildman–Crippen LogP) is 4.53. The standard InChI is InChI=1S/C17H16FN3O.2ClH/c1-19-17-7-3-13(11-20-17)16-5-2-12-10-14(22-9-8-18)4-6-15(12)21-16;;/h2-7,10-11H,8-9H2,1H3,(H,19,20);2*1H. The molecule has 128 valence electrons. The van der Waals surface area contributed by atoms with Crippen LogP contribution in [0.4, 0.5) is 10.2 Å². The van der Waals surface area contributed by atoms with Gasteiger partial charge in [-0.3, -0.25) is 0 Å². The van der Waals surface area contributed by atoms with Crippen molar-refractivity contribution in [1.29, 1.82) is 0 Å². The zero-order chi connectivity index (χ0) is 15.4. The van der Waals surface area contributed by atoms with Crippen molar-refractivity contribution >= 4 is 41.5 Å². The number of anilines is 1. The molecule has 0 amide bonds. The molecule has 3 aromatic rings. The lowest BCUT2D eigenvalue weighted by atomic mass is 10.1. The average molecular weight is 370 g/mol. The van der Waals surface area contributed by atoms with Crippen LogP contribution < -0.4 is 10.1 Å². The van der Waals surface area contributed by atoms with Crippen molar-refractivity contribution in [3.8, 4) is 17.0 Å². The fraction of sp³-hybridized carbons (Fsp3) is 0.176. The van der Waals surface area contributed by atoms with Gasteiger partial charge in [0.1, 0.15) is 24.8 Å². The number of pyridine rings is 2. The van der Waals surface area contributed by atoms with Crippen molar-refractivity contribution in [3.05, 3.63) is 48.7 Å². The van der Waals surface area contributed by atoms with Crippen molar-refractivity contribution in [1.82, 2.24) is 9.97 Å². The summed E-state index contributed by atoms with van der Waals surface area (Å²) in [6.45, 7) is -0.425. The Kier molecular flexibility index (Phi) is 7.68. The lowest BCUT2D eigenvalue weighted by Crippen LogP contribution is -1.98. The minimum atomic E-state index is -0.495. The second-order valence-electron chi connectivity index (χ2n) is 4.77. The zero-order valence-electron chi connectivity index (χ0n) is 13.0. The first-order chi connectivity index (χ1) is 10.8. The summed E-state index contributed by atoms with van der Waals surface area (Å²) in [5.41, 5.74) is 2.68. The lowest BCUT2D eigenvalue weighted by Gasteiger charge is -2.07. The summed E-state index contributed by atoms with van der Waals surface area (Å²) < 4.78 is 17.4. The van der Waals surface area contributed by atoms with Gasteiger partial charge >= 0.3 is 0 Å². The molecule has 0 saturated carbocycles. The highest BCUT2D eigenvalue weighted by Crippen LogP contribution is 2.24. The van der Waals surface area contributed by atoms with Crippen LogP contribution in [-0.4, -0.2) is 30.3 Å². The normalized spacial score (nSPS) is 9.75. The van der Waals surface area contributed by atoms with E-state index in [0.29, 0.717) is 5.75 Å². The number of nitrogens with one attached hydrogen (secondary N) is 1. The Balaban J connectivity index is 0.00000144. The van der Waals surface area contributed by atoms with E-state index < -0.39 is 6.67 Å². The number of aromatic nitrogens is 2. The van der Waals surface area contributed by atoms with Gasteiger partial charge in [0.15, 0.2) is 0 Å². The maximum Gasteiger partial charge on any atom is 0.125 e. The molecule has 2 aromatic heterocycles. The van der Waals surface area contributed by atoms with Crippen LogP contribution in [0.25, 0.3) is 22.2 Å². The maximum absolute atomic E-state index is 12.1. The number of hydrogen-bond donors (Lipinski definition) is 1. The van der Waals surface area contributed by atoms with Crippen LogP contribution in [0.1, 0.15) is 0 Å². The Labute approximate surface area is 152 Å². The Hall–Kier alpha value is -2.11. The minimum absolute atomic E-state index is 0. The van der Waals surface area contributed by atoms with Gasteiger partial charge in [-0.05, 0) is 36.4 Å². The molecule has 0 saturated heterocycles. The summed E-state index contributed by atoms with van der Waals surface area (Å²) in [6, 6.07) is 13.4. The first-order valence-electron chi connectivity index (χ1n) is 7.04. The number of nitrogens with zero attached hydrogens (tertiary/aromatic N) is 2. The number of ether oxygens (including phenoxy) is 1. The van der Waals surface area contributed by atoms with Gasteiger partial charge in [0.25, 0.3) is 0 Å². The molecule has 7 heteroatoms. The largest absolute Gasteiger partial charge is 0.491 e. The predicted molar refractivity (Wildman–Crippen MR) is 100 cm³/mol.